The van der Waals surface area contributed by atoms with Gasteiger partial charge in [0.15, 0.2) is 0 Å². The molecule has 1 aliphatic heterocycles. The molecule has 2 rings (SSSR count). The fourth-order valence-corrected chi connectivity index (χ4v) is 3.13. The second-order valence-electron chi connectivity index (χ2n) is 5.69. The van der Waals surface area contributed by atoms with Crippen LogP contribution in [0.4, 0.5) is 0 Å². The minimum Gasteiger partial charge on any atom is -0.312 e. The standard InChI is InChI=1S/C14H28N2/c1-13(16-10-6-3-7-11-16)12-15-14-8-4-2-5-9-14/h13-15H,2-12H2,1H3. The molecule has 2 fully saturated rings. The highest BCUT2D eigenvalue weighted by Crippen LogP contribution is 2.18. The number of rotatable bonds is 4. The minimum atomic E-state index is 0.738. The first-order chi connectivity index (χ1) is 7.86. The molecule has 0 amide bonds. The summed E-state index contributed by atoms with van der Waals surface area (Å²) < 4.78 is 0. The Hall–Kier alpha value is -0.0800. The molecule has 2 heteroatoms. The summed E-state index contributed by atoms with van der Waals surface area (Å²) in [5.41, 5.74) is 0. The summed E-state index contributed by atoms with van der Waals surface area (Å²) in [6.07, 6.45) is 11.4. The van der Waals surface area contributed by atoms with Crippen LogP contribution >= 0.6 is 0 Å². The van der Waals surface area contributed by atoms with Gasteiger partial charge in [-0.2, -0.15) is 0 Å². The van der Waals surface area contributed by atoms with E-state index < -0.39 is 0 Å². The van der Waals surface area contributed by atoms with Gasteiger partial charge in [0, 0.05) is 18.6 Å². The summed E-state index contributed by atoms with van der Waals surface area (Å²) in [6, 6.07) is 1.56. The molecule has 94 valence electrons. The highest BCUT2D eigenvalue weighted by molar-refractivity contribution is 4.77. The van der Waals surface area contributed by atoms with E-state index in [1.54, 1.807) is 0 Å². The van der Waals surface area contributed by atoms with Crippen LogP contribution in [-0.2, 0) is 0 Å². The van der Waals surface area contributed by atoms with Crippen LogP contribution in [0.3, 0.4) is 0 Å². The zero-order valence-electron chi connectivity index (χ0n) is 10.9. The highest BCUT2D eigenvalue weighted by atomic mass is 15.2. The molecule has 16 heavy (non-hydrogen) atoms. The molecular weight excluding hydrogens is 196 g/mol. The van der Waals surface area contributed by atoms with Crippen LogP contribution in [0.25, 0.3) is 0 Å². The Morgan fingerprint density at radius 3 is 2.31 bits per heavy atom. The maximum Gasteiger partial charge on any atom is 0.0192 e. The SMILES string of the molecule is CC(CNC1CCCCC1)N1CCCCC1. The van der Waals surface area contributed by atoms with Crippen LogP contribution in [0.1, 0.15) is 58.3 Å². The lowest BCUT2D eigenvalue weighted by Crippen LogP contribution is -2.45. The third-order valence-electron chi connectivity index (χ3n) is 4.32. The van der Waals surface area contributed by atoms with Gasteiger partial charge in [-0.05, 0) is 45.7 Å². The first kappa shape index (κ1) is 12.4. The van der Waals surface area contributed by atoms with E-state index in [0.717, 1.165) is 12.1 Å². The van der Waals surface area contributed by atoms with Crippen LogP contribution < -0.4 is 5.32 Å². The topological polar surface area (TPSA) is 15.3 Å². The molecule has 0 aromatic rings. The Morgan fingerprint density at radius 1 is 1.00 bits per heavy atom. The van der Waals surface area contributed by atoms with Crippen LogP contribution in [0.5, 0.6) is 0 Å². The summed E-state index contributed by atoms with van der Waals surface area (Å²) in [4.78, 5) is 2.67. The minimum absolute atomic E-state index is 0.738. The van der Waals surface area contributed by atoms with Crippen LogP contribution in [-0.4, -0.2) is 36.6 Å². The first-order valence-electron chi connectivity index (χ1n) is 7.33. The molecular formula is C14H28N2. The number of likely N-dealkylation sites (tertiary alicyclic amines) is 1. The Bertz CT molecular complexity index is 181. The molecule has 0 bridgehead atoms. The molecule has 0 radical (unpaired) electrons. The van der Waals surface area contributed by atoms with Crippen molar-refractivity contribution in [3.63, 3.8) is 0 Å². The Kier molecular flexibility index (Phi) is 5.11. The second-order valence-corrected chi connectivity index (χ2v) is 5.69. The van der Waals surface area contributed by atoms with E-state index >= 15 is 0 Å². The molecule has 1 aliphatic carbocycles. The molecule has 2 aliphatic rings. The number of hydrogen-bond donors (Lipinski definition) is 1. The lowest BCUT2D eigenvalue weighted by molar-refractivity contribution is 0.165. The van der Waals surface area contributed by atoms with E-state index in [0.29, 0.717) is 0 Å². The van der Waals surface area contributed by atoms with E-state index in [1.807, 2.05) is 0 Å². The van der Waals surface area contributed by atoms with Gasteiger partial charge in [-0.25, -0.2) is 0 Å². The summed E-state index contributed by atoms with van der Waals surface area (Å²) in [5.74, 6) is 0. The van der Waals surface area contributed by atoms with E-state index in [1.165, 1.54) is 71.0 Å². The Morgan fingerprint density at radius 2 is 1.62 bits per heavy atom. The maximum atomic E-state index is 3.78. The van der Waals surface area contributed by atoms with E-state index in [4.69, 9.17) is 0 Å². The van der Waals surface area contributed by atoms with Gasteiger partial charge >= 0.3 is 0 Å². The average Bonchev–Trinajstić information content (AvgIpc) is 2.38. The second kappa shape index (κ2) is 6.61. The third kappa shape index (κ3) is 3.74. The highest BCUT2D eigenvalue weighted by Gasteiger charge is 2.18. The molecule has 1 heterocycles. The molecule has 2 nitrogen and oxygen atoms in total. The fraction of sp³-hybridized carbons (Fsp3) is 1.00. The van der Waals surface area contributed by atoms with Crippen molar-refractivity contribution in [2.75, 3.05) is 19.6 Å². The predicted octanol–water partition coefficient (Wildman–Crippen LogP) is 2.78. The molecule has 0 aromatic carbocycles. The monoisotopic (exact) mass is 224 g/mol. The van der Waals surface area contributed by atoms with Crippen molar-refractivity contribution in [2.45, 2.75) is 70.4 Å². The Labute approximate surface area is 101 Å². The number of piperidine rings is 1. The zero-order valence-corrected chi connectivity index (χ0v) is 10.9. The van der Waals surface area contributed by atoms with Crippen molar-refractivity contribution >= 4 is 0 Å². The van der Waals surface area contributed by atoms with Crippen LogP contribution in [0, 0.1) is 0 Å². The van der Waals surface area contributed by atoms with E-state index in [9.17, 15) is 0 Å². The normalized spacial score (nSPS) is 26.8. The number of hydrogen-bond acceptors (Lipinski definition) is 2. The van der Waals surface area contributed by atoms with Crippen molar-refractivity contribution in [1.82, 2.24) is 10.2 Å². The predicted molar refractivity (Wildman–Crippen MR) is 69.8 cm³/mol. The van der Waals surface area contributed by atoms with Gasteiger partial charge < -0.3 is 5.32 Å². The summed E-state index contributed by atoms with van der Waals surface area (Å²) >= 11 is 0. The number of nitrogens with one attached hydrogen (secondary N) is 1. The van der Waals surface area contributed by atoms with E-state index in [-0.39, 0.29) is 0 Å². The summed E-state index contributed by atoms with van der Waals surface area (Å²) in [5, 5.41) is 3.78. The van der Waals surface area contributed by atoms with Crippen molar-refractivity contribution in [2.24, 2.45) is 0 Å². The van der Waals surface area contributed by atoms with Crippen molar-refractivity contribution in [3.8, 4) is 0 Å². The van der Waals surface area contributed by atoms with Crippen molar-refractivity contribution in [1.29, 1.82) is 0 Å². The van der Waals surface area contributed by atoms with Gasteiger partial charge in [0.05, 0.1) is 0 Å². The van der Waals surface area contributed by atoms with Gasteiger partial charge in [0.2, 0.25) is 0 Å². The maximum absolute atomic E-state index is 3.78. The quantitative estimate of drug-likeness (QED) is 0.790. The first-order valence-corrected chi connectivity index (χ1v) is 7.33. The smallest absolute Gasteiger partial charge is 0.0192 e. The average molecular weight is 224 g/mol. The summed E-state index contributed by atoms with van der Waals surface area (Å²) in [7, 11) is 0. The summed E-state index contributed by atoms with van der Waals surface area (Å²) in [6.45, 7) is 6.24. The van der Waals surface area contributed by atoms with E-state index in [2.05, 4.69) is 17.1 Å². The number of nitrogens with zero attached hydrogens (tertiary/aromatic N) is 1. The van der Waals surface area contributed by atoms with Crippen molar-refractivity contribution < 1.29 is 0 Å². The zero-order chi connectivity index (χ0) is 11.2. The van der Waals surface area contributed by atoms with Gasteiger partial charge in [0.1, 0.15) is 0 Å². The lowest BCUT2D eigenvalue weighted by Gasteiger charge is -2.34. The molecule has 0 spiro atoms. The van der Waals surface area contributed by atoms with Gasteiger partial charge in [-0.1, -0.05) is 25.7 Å². The molecule has 1 saturated heterocycles. The largest absolute Gasteiger partial charge is 0.312 e. The van der Waals surface area contributed by atoms with Gasteiger partial charge in [-0.15, -0.1) is 0 Å². The molecule has 0 aromatic heterocycles. The molecule has 1 saturated carbocycles. The lowest BCUT2D eigenvalue weighted by atomic mass is 9.95. The molecule has 1 N–H and O–H groups in total. The molecule has 1 atom stereocenters. The van der Waals surface area contributed by atoms with Gasteiger partial charge in [-0.3, -0.25) is 4.90 Å². The Balaban J connectivity index is 1.63. The van der Waals surface area contributed by atoms with Crippen LogP contribution in [0.15, 0.2) is 0 Å². The molecule has 1 unspecified atom stereocenters. The third-order valence-corrected chi connectivity index (χ3v) is 4.32. The van der Waals surface area contributed by atoms with Crippen molar-refractivity contribution in [3.05, 3.63) is 0 Å². The fourth-order valence-electron chi connectivity index (χ4n) is 3.13. The van der Waals surface area contributed by atoms with Crippen LogP contribution in [0.2, 0.25) is 0 Å². The van der Waals surface area contributed by atoms with Gasteiger partial charge in [0.25, 0.3) is 0 Å².